The second kappa shape index (κ2) is 4.54. The summed E-state index contributed by atoms with van der Waals surface area (Å²) in [6.45, 7) is 2.56. The van der Waals surface area contributed by atoms with Crippen molar-refractivity contribution < 1.29 is 9.47 Å². The highest BCUT2D eigenvalue weighted by Crippen LogP contribution is 2.36. The van der Waals surface area contributed by atoms with Gasteiger partial charge in [-0.1, -0.05) is 29.8 Å². The lowest BCUT2D eigenvalue weighted by atomic mass is 10.1. The molecule has 0 aromatic heterocycles. The summed E-state index contributed by atoms with van der Waals surface area (Å²) >= 11 is 5.88. The molecule has 0 spiro atoms. The zero-order valence-corrected chi connectivity index (χ0v) is 10.8. The molecular weight excluding hydrogens is 248 g/mol. The lowest BCUT2D eigenvalue weighted by Gasteiger charge is -2.27. The predicted molar refractivity (Wildman–Crippen MR) is 71.5 cm³/mol. The molecule has 2 aromatic rings. The van der Waals surface area contributed by atoms with E-state index in [1.54, 1.807) is 0 Å². The smallest absolute Gasteiger partial charge is 0.162 e. The van der Waals surface area contributed by atoms with Crippen molar-refractivity contribution in [1.82, 2.24) is 0 Å². The second-order valence-electron chi connectivity index (χ2n) is 4.42. The fraction of sp³-hybridized carbons (Fsp3) is 0.200. The van der Waals surface area contributed by atoms with E-state index in [1.807, 2.05) is 49.4 Å². The standard InChI is InChI=1S/C15H13ClO2/c1-10-2-7-13-14(8-10)18-15(9-17-13)11-3-5-12(16)6-4-11/h2-8,15H,9H2,1H3. The van der Waals surface area contributed by atoms with Gasteiger partial charge in [0.15, 0.2) is 17.6 Å². The number of ether oxygens (including phenoxy) is 2. The molecule has 3 heteroatoms. The molecular formula is C15H13ClO2. The molecule has 1 aliphatic rings. The molecule has 0 aliphatic carbocycles. The summed E-state index contributed by atoms with van der Waals surface area (Å²) in [6.07, 6.45) is -0.0726. The number of benzene rings is 2. The van der Waals surface area contributed by atoms with Gasteiger partial charge in [-0.15, -0.1) is 0 Å². The van der Waals surface area contributed by atoms with Crippen molar-refractivity contribution in [2.75, 3.05) is 6.61 Å². The Balaban J connectivity index is 1.88. The molecule has 2 aromatic carbocycles. The first-order valence-electron chi connectivity index (χ1n) is 5.88. The summed E-state index contributed by atoms with van der Waals surface area (Å²) in [6, 6.07) is 13.6. The van der Waals surface area contributed by atoms with Gasteiger partial charge in [0.25, 0.3) is 0 Å². The Morgan fingerprint density at radius 1 is 1.06 bits per heavy atom. The maximum atomic E-state index is 5.97. The van der Waals surface area contributed by atoms with E-state index < -0.39 is 0 Å². The Morgan fingerprint density at radius 3 is 2.61 bits per heavy atom. The van der Waals surface area contributed by atoms with E-state index in [0.29, 0.717) is 6.61 Å². The molecule has 0 saturated heterocycles. The van der Waals surface area contributed by atoms with Gasteiger partial charge in [-0.05, 0) is 42.3 Å². The van der Waals surface area contributed by atoms with Crippen molar-refractivity contribution in [2.45, 2.75) is 13.0 Å². The van der Waals surface area contributed by atoms with Gasteiger partial charge in [-0.2, -0.15) is 0 Å². The first kappa shape index (κ1) is 11.4. The van der Waals surface area contributed by atoms with Crippen LogP contribution in [0.5, 0.6) is 11.5 Å². The van der Waals surface area contributed by atoms with Gasteiger partial charge in [-0.25, -0.2) is 0 Å². The van der Waals surface area contributed by atoms with Gasteiger partial charge < -0.3 is 9.47 Å². The molecule has 0 saturated carbocycles. The Hall–Kier alpha value is -1.67. The van der Waals surface area contributed by atoms with Gasteiger partial charge in [0.2, 0.25) is 0 Å². The minimum absolute atomic E-state index is 0.0726. The van der Waals surface area contributed by atoms with Crippen molar-refractivity contribution in [3.63, 3.8) is 0 Å². The molecule has 0 radical (unpaired) electrons. The van der Waals surface area contributed by atoms with Gasteiger partial charge in [0.05, 0.1) is 0 Å². The van der Waals surface area contributed by atoms with E-state index in [-0.39, 0.29) is 6.10 Å². The van der Waals surface area contributed by atoms with Crippen LogP contribution in [0.15, 0.2) is 42.5 Å². The van der Waals surface area contributed by atoms with Crippen molar-refractivity contribution in [1.29, 1.82) is 0 Å². The van der Waals surface area contributed by atoms with Crippen molar-refractivity contribution in [2.24, 2.45) is 0 Å². The van der Waals surface area contributed by atoms with Gasteiger partial charge >= 0.3 is 0 Å². The summed E-state index contributed by atoms with van der Waals surface area (Å²) in [5.41, 5.74) is 2.24. The minimum Gasteiger partial charge on any atom is -0.485 e. The van der Waals surface area contributed by atoms with E-state index in [2.05, 4.69) is 0 Å². The number of aryl methyl sites for hydroxylation is 1. The summed E-state index contributed by atoms with van der Waals surface area (Å²) in [5, 5.41) is 0.728. The average molecular weight is 261 g/mol. The number of hydrogen-bond acceptors (Lipinski definition) is 2. The van der Waals surface area contributed by atoms with Crippen LogP contribution in [-0.4, -0.2) is 6.61 Å². The molecule has 2 nitrogen and oxygen atoms in total. The predicted octanol–water partition coefficient (Wildman–Crippen LogP) is 4.16. The SMILES string of the molecule is Cc1ccc2c(c1)OC(c1ccc(Cl)cc1)CO2. The van der Waals surface area contributed by atoms with Crippen LogP contribution in [0, 0.1) is 6.92 Å². The molecule has 0 N–H and O–H groups in total. The van der Waals surface area contributed by atoms with Crippen LogP contribution in [0.25, 0.3) is 0 Å². The first-order valence-corrected chi connectivity index (χ1v) is 6.26. The topological polar surface area (TPSA) is 18.5 Å². The molecule has 1 heterocycles. The quantitative estimate of drug-likeness (QED) is 0.766. The van der Waals surface area contributed by atoms with E-state index in [4.69, 9.17) is 21.1 Å². The van der Waals surface area contributed by atoms with Crippen LogP contribution < -0.4 is 9.47 Å². The normalized spacial score (nSPS) is 17.6. The van der Waals surface area contributed by atoms with Crippen molar-refractivity contribution in [3.8, 4) is 11.5 Å². The third-order valence-corrected chi connectivity index (χ3v) is 3.25. The summed E-state index contributed by atoms with van der Waals surface area (Å²) in [7, 11) is 0. The fourth-order valence-corrected chi connectivity index (χ4v) is 2.15. The molecule has 1 aliphatic heterocycles. The van der Waals surface area contributed by atoms with E-state index >= 15 is 0 Å². The van der Waals surface area contributed by atoms with Crippen LogP contribution in [0.4, 0.5) is 0 Å². The van der Waals surface area contributed by atoms with Crippen LogP contribution in [0.3, 0.4) is 0 Å². The average Bonchev–Trinajstić information content (AvgIpc) is 2.38. The fourth-order valence-electron chi connectivity index (χ4n) is 2.02. The Labute approximate surface area is 111 Å². The number of hydrogen-bond donors (Lipinski definition) is 0. The zero-order chi connectivity index (χ0) is 12.5. The highest BCUT2D eigenvalue weighted by molar-refractivity contribution is 6.30. The third-order valence-electron chi connectivity index (χ3n) is 3.00. The third kappa shape index (κ3) is 2.16. The van der Waals surface area contributed by atoms with E-state index in [0.717, 1.165) is 27.6 Å². The molecule has 1 unspecified atom stereocenters. The van der Waals surface area contributed by atoms with E-state index in [1.165, 1.54) is 0 Å². The summed E-state index contributed by atoms with van der Waals surface area (Å²) in [4.78, 5) is 0. The minimum atomic E-state index is -0.0726. The Kier molecular flexibility index (Phi) is 2.88. The lowest BCUT2D eigenvalue weighted by Crippen LogP contribution is -2.21. The number of fused-ring (bicyclic) bond motifs is 1. The lowest BCUT2D eigenvalue weighted by molar-refractivity contribution is 0.0912. The molecule has 0 bridgehead atoms. The molecule has 3 rings (SSSR count). The van der Waals surface area contributed by atoms with Gasteiger partial charge in [0, 0.05) is 5.02 Å². The second-order valence-corrected chi connectivity index (χ2v) is 4.86. The van der Waals surface area contributed by atoms with Gasteiger partial charge in [-0.3, -0.25) is 0 Å². The number of rotatable bonds is 1. The molecule has 0 amide bonds. The Morgan fingerprint density at radius 2 is 1.83 bits per heavy atom. The first-order chi connectivity index (χ1) is 8.72. The van der Waals surface area contributed by atoms with Crippen LogP contribution in [-0.2, 0) is 0 Å². The monoisotopic (exact) mass is 260 g/mol. The van der Waals surface area contributed by atoms with Gasteiger partial charge in [0.1, 0.15) is 6.61 Å². The van der Waals surface area contributed by atoms with Crippen LogP contribution in [0.1, 0.15) is 17.2 Å². The van der Waals surface area contributed by atoms with Crippen LogP contribution in [0.2, 0.25) is 5.02 Å². The number of halogens is 1. The molecule has 0 fully saturated rings. The largest absolute Gasteiger partial charge is 0.485 e. The highest BCUT2D eigenvalue weighted by Gasteiger charge is 2.22. The molecule has 18 heavy (non-hydrogen) atoms. The maximum Gasteiger partial charge on any atom is 0.162 e. The van der Waals surface area contributed by atoms with E-state index in [9.17, 15) is 0 Å². The zero-order valence-electron chi connectivity index (χ0n) is 10.0. The summed E-state index contributed by atoms with van der Waals surface area (Å²) < 4.78 is 11.7. The van der Waals surface area contributed by atoms with Crippen LogP contribution >= 0.6 is 11.6 Å². The maximum absolute atomic E-state index is 5.97. The Bertz CT molecular complexity index is 563. The molecule has 92 valence electrons. The summed E-state index contributed by atoms with van der Waals surface area (Å²) in [5.74, 6) is 1.62. The highest BCUT2D eigenvalue weighted by atomic mass is 35.5. The van der Waals surface area contributed by atoms with Crippen molar-refractivity contribution >= 4 is 11.6 Å². The molecule has 1 atom stereocenters. The van der Waals surface area contributed by atoms with Crippen molar-refractivity contribution in [3.05, 3.63) is 58.6 Å².